The highest BCUT2D eigenvalue weighted by Gasteiger charge is 2.30. The highest BCUT2D eigenvalue weighted by atomic mass is 16.3. The van der Waals surface area contributed by atoms with Gasteiger partial charge in [0, 0.05) is 38.6 Å². The first-order valence-corrected chi connectivity index (χ1v) is 7.50. The Morgan fingerprint density at radius 3 is 2.40 bits per heavy atom. The lowest BCUT2D eigenvalue weighted by Crippen LogP contribution is -2.48. The van der Waals surface area contributed by atoms with Crippen LogP contribution in [0.25, 0.3) is 0 Å². The zero-order chi connectivity index (χ0) is 14.5. The molecule has 2 fully saturated rings. The van der Waals surface area contributed by atoms with Gasteiger partial charge in [-0.05, 0) is 25.7 Å². The fraction of sp³-hybridized carbons (Fsp3) is 0.857. The molecule has 114 valence electrons. The maximum atomic E-state index is 12.0. The molecule has 20 heavy (non-hydrogen) atoms. The molecule has 1 saturated carbocycles. The number of carbonyl (C=O) groups is 2. The quantitative estimate of drug-likeness (QED) is 0.694. The van der Waals surface area contributed by atoms with E-state index in [1.165, 1.54) is 0 Å². The molecule has 1 heterocycles. The van der Waals surface area contributed by atoms with E-state index in [0.717, 1.165) is 38.8 Å². The second-order valence-corrected chi connectivity index (χ2v) is 5.77. The van der Waals surface area contributed by atoms with Crippen LogP contribution in [-0.2, 0) is 9.59 Å². The van der Waals surface area contributed by atoms with E-state index < -0.39 is 0 Å². The van der Waals surface area contributed by atoms with E-state index in [9.17, 15) is 9.59 Å². The van der Waals surface area contributed by atoms with Gasteiger partial charge in [0.05, 0.1) is 13.2 Å². The van der Waals surface area contributed by atoms with Gasteiger partial charge < -0.3 is 15.3 Å². The molecule has 0 aromatic heterocycles. The number of piperidine rings is 1. The summed E-state index contributed by atoms with van der Waals surface area (Å²) in [5.41, 5.74) is 0. The summed E-state index contributed by atoms with van der Waals surface area (Å²) < 4.78 is 0. The molecule has 0 atom stereocenters. The monoisotopic (exact) mass is 283 g/mol. The van der Waals surface area contributed by atoms with Crippen LogP contribution in [0.4, 0.5) is 0 Å². The minimum absolute atomic E-state index is 0.0339. The number of hydrogen-bond acceptors (Lipinski definition) is 4. The van der Waals surface area contributed by atoms with Gasteiger partial charge in [-0.1, -0.05) is 0 Å². The Morgan fingerprint density at radius 2 is 1.90 bits per heavy atom. The Hall–Kier alpha value is -1.14. The van der Waals surface area contributed by atoms with Crippen molar-refractivity contribution in [2.24, 2.45) is 0 Å². The molecule has 0 spiro atoms. The van der Waals surface area contributed by atoms with Crippen molar-refractivity contribution < 1.29 is 14.7 Å². The van der Waals surface area contributed by atoms with Gasteiger partial charge in [0.1, 0.15) is 0 Å². The molecule has 6 heteroatoms. The molecule has 0 aromatic carbocycles. The van der Waals surface area contributed by atoms with Gasteiger partial charge in [0.15, 0.2) is 0 Å². The zero-order valence-electron chi connectivity index (χ0n) is 12.2. The van der Waals surface area contributed by atoms with Crippen LogP contribution in [0, 0.1) is 0 Å². The van der Waals surface area contributed by atoms with Crippen molar-refractivity contribution in [1.29, 1.82) is 0 Å². The summed E-state index contributed by atoms with van der Waals surface area (Å²) in [5, 5.41) is 12.1. The summed E-state index contributed by atoms with van der Waals surface area (Å²) in [5.74, 6) is 0.143. The molecule has 1 aliphatic heterocycles. The number of amides is 2. The van der Waals surface area contributed by atoms with E-state index in [2.05, 4.69) is 10.2 Å². The number of aliphatic hydroxyl groups is 1. The fourth-order valence-corrected chi connectivity index (χ4v) is 2.76. The molecule has 2 N–H and O–H groups in total. The summed E-state index contributed by atoms with van der Waals surface area (Å²) in [6.45, 7) is 4.08. The summed E-state index contributed by atoms with van der Waals surface area (Å²) >= 11 is 0. The van der Waals surface area contributed by atoms with Crippen LogP contribution in [0.2, 0.25) is 0 Å². The summed E-state index contributed by atoms with van der Waals surface area (Å²) in [6.07, 6.45) is 3.91. The van der Waals surface area contributed by atoms with Crippen LogP contribution in [0.5, 0.6) is 0 Å². The smallest absolute Gasteiger partial charge is 0.234 e. The number of hydrogen-bond donors (Lipinski definition) is 2. The van der Waals surface area contributed by atoms with Crippen LogP contribution in [0.1, 0.15) is 32.6 Å². The number of nitrogens with zero attached hydrogens (tertiary/aromatic N) is 2. The predicted octanol–water partition coefficient (Wildman–Crippen LogP) is -0.430. The molecule has 0 aromatic rings. The molecular formula is C14H25N3O3. The number of likely N-dealkylation sites (tertiary alicyclic amines) is 1. The van der Waals surface area contributed by atoms with E-state index in [1.807, 2.05) is 4.90 Å². The SMILES string of the molecule is CC(=O)N1CCC(NC(=O)CN(CCO)C2CC2)CC1. The number of aliphatic hydroxyl groups excluding tert-OH is 1. The van der Waals surface area contributed by atoms with Crippen LogP contribution >= 0.6 is 0 Å². The lowest BCUT2D eigenvalue weighted by Gasteiger charge is -2.32. The largest absolute Gasteiger partial charge is 0.395 e. The lowest BCUT2D eigenvalue weighted by atomic mass is 10.1. The molecular weight excluding hydrogens is 258 g/mol. The van der Waals surface area contributed by atoms with Gasteiger partial charge in [-0.15, -0.1) is 0 Å². The molecule has 2 amide bonds. The van der Waals surface area contributed by atoms with E-state index in [4.69, 9.17) is 5.11 Å². The maximum absolute atomic E-state index is 12.0. The van der Waals surface area contributed by atoms with E-state index >= 15 is 0 Å². The molecule has 0 radical (unpaired) electrons. The molecule has 1 saturated heterocycles. The Balaban J connectivity index is 1.70. The molecule has 0 unspecified atom stereocenters. The van der Waals surface area contributed by atoms with Crippen LogP contribution in [0.3, 0.4) is 0 Å². The number of carbonyl (C=O) groups excluding carboxylic acids is 2. The highest BCUT2D eigenvalue weighted by Crippen LogP contribution is 2.26. The standard InChI is InChI=1S/C14H25N3O3/c1-11(19)16-6-4-12(5-7-16)15-14(20)10-17(8-9-18)13-2-3-13/h12-13,18H,2-10H2,1H3,(H,15,20). The first kappa shape index (κ1) is 15.3. The van der Waals surface area contributed by atoms with Crippen molar-refractivity contribution in [3.8, 4) is 0 Å². The van der Waals surface area contributed by atoms with E-state index in [0.29, 0.717) is 19.1 Å². The Labute approximate surface area is 120 Å². The third kappa shape index (κ3) is 4.45. The first-order valence-electron chi connectivity index (χ1n) is 7.50. The normalized spacial score (nSPS) is 20.2. The highest BCUT2D eigenvalue weighted by molar-refractivity contribution is 5.78. The topological polar surface area (TPSA) is 72.9 Å². The van der Waals surface area contributed by atoms with Crippen LogP contribution in [-0.4, -0.2) is 71.6 Å². The summed E-state index contributed by atoms with van der Waals surface area (Å²) in [7, 11) is 0. The van der Waals surface area contributed by atoms with Crippen LogP contribution < -0.4 is 5.32 Å². The van der Waals surface area contributed by atoms with Crippen LogP contribution in [0.15, 0.2) is 0 Å². The van der Waals surface area contributed by atoms with E-state index in [1.54, 1.807) is 6.92 Å². The van der Waals surface area contributed by atoms with Crippen molar-refractivity contribution >= 4 is 11.8 Å². The van der Waals surface area contributed by atoms with Crippen molar-refractivity contribution in [2.75, 3.05) is 32.8 Å². The minimum atomic E-state index is 0.0339. The molecule has 2 aliphatic rings. The van der Waals surface area contributed by atoms with Gasteiger partial charge >= 0.3 is 0 Å². The second-order valence-electron chi connectivity index (χ2n) is 5.77. The van der Waals surface area contributed by atoms with Gasteiger partial charge in [0.2, 0.25) is 11.8 Å². The Kier molecular flexibility index (Phi) is 5.37. The third-order valence-electron chi connectivity index (χ3n) is 4.10. The van der Waals surface area contributed by atoms with E-state index in [-0.39, 0.29) is 24.5 Å². The van der Waals surface area contributed by atoms with Crippen molar-refractivity contribution in [1.82, 2.24) is 15.1 Å². The molecule has 2 rings (SSSR count). The van der Waals surface area contributed by atoms with Gasteiger partial charge in [-0.2, -0.15) is 0 Å². The van der Waals surface area contributed by atoms with Gasteiger partial charge in [-0.3, -0.25) is 14.5 Å². The Morgan fingerprint density at radius 1 is 1.25 bits per heavy atom. The summed E-state index contributed by atoms with van der Waals surface area (Å²) in [4.78, 5) is 27.1. The number of rotatable bonds is 6. The third-order valence-corrected chi connectivity index (χ3v) is 4.10. The molecule has 1 aliphatic carbocycles. The first-order chi connectivity index (χ1) is 9.60. The van der Waals surface area contributed by atoms with Crippen molar-refractivity contribution in [3.63, 3.8) is 0 Å². The van der Waals surface area contributed by atoms with Crippen molar-refractivity contribution in [2.45, 2.75) is 44.7 Å². The average molecular weight is 283 g/mol. The Bertz CT molecular complexity index is 350. The predicted molar refractivity (Wildman–Crippen MR) is 75.1 cm³/mol. The zero-order valence-corrected chi connectivity index (χ0v) is 12.2. The average Bonchev–Trinajstić information content (AvgIpc) is 3.23. The molecule has 0 bridgehead atoms. The summed E-state index contributed by atoms with van der Waals surface area (Å²) in [6, 6.07) is 0.653. The molecule has 6 nitrogen and oxygen atoms in total. The maximum Gasteiger partial charge on any atom is 0.234 e. The van der Waals surface area contributed by atoms with Gasteiger partial charge in [0.25, 0.3) is 0 Å². The van der Waals surface area contributed by atoms with Crippen molar-refractivity contribution in [3.05, 3.63) is 0 Å². The lowest BCUT2D eigenvalue weighted by molar-refractivity contribution is -0.130. The fourth-order valence-electron chi connectivity index (χ4n) is 2.76. The van der Waals surface area contributed by atoms with Gasteiger partial charge in [-0.25, -0.2) is 0 Å². The minimum Gasteiger partial charge on any atom is -0.395 e. The second kappa shape index (κ2) is 7.04. The number of nitrogens with one attached hydrogen (secondary N) is 1.